The zero-order chi connectivity index (χ0) is 11.5. The van der Waals surface area contributed by atoms with Gasteiger partial charge in [0, 0.05) is 5.56 Å². The predicted molar refractivity (Wildman–Crippen MR) is 59.4 cm³/mol. The van der Waals surface area contributed by atoms with E-state index >= 15 is 0 Å². The summed E-state index contributed by atoms with van der Waals surface area (Å²) in [4.78, 5) is 10.4. The summed E-state index contributed by atoms with van der Waals surface area (Å²) in [6.07, 6.45) is 0.634. The lowest BCUT2D eigenvalue weighted by Gasteiger charge is -2.00. The fourth-order valence-electron chi connectivity index (χ4n) is 1.39. The maximum absolute atomic E-state index is 10.4. The van der Waals surface area contributed by atoms with E-state index < -0.39 is 7.12 Å². The molecule has 0 aliphatic rings. The summed E-state index contributed by atoms with van der Waals surface area (Å²) < 4.78 is 5.23. The van der Waals surface area contributed by atoms with Gasteiger partial charge in [0.2, 0.25) is 0 Å². The molecule has 1 aromatic carbocycles. The minimum atomic E-state index is -1.48. The van der Waals surface area contributed by atoms with Crippen LogP contribution in [0.1, 0.15) is 10.6 Å². The summed E-state index contributed by atoms with van der Waals surface area (Å²) in [5.41, 5.74) is 1.18. The Bertz CT molecular complexity index is 487. The van der Waals surface area contributed by atoms with Crippen LogP contribution in [-0.2, 0) is 0 Å². The van der Waals surface area contributed by atoms with E-state index in [2.05, 4.69) is 0 Å². The van der Waals surface area contributed by atoms with E-state index in [1.807, 2.05) is 0 Å². The van der Waals surface area contributed by atoms with Crippen LogP contribution in [0.3, 0.4) is 0 Å². The van der Waals surface area contributed by atoms with E-state index in [1.165, 1.54) is 0 Å². The van der Waals surface area contributed by atoms with Crippen molar-refractivity contribution in [2.75, 3.05) is 0 Å². The standard InChI is InChI=1S/C11H9BO4/c13-7-10-5-6-11(16-10)8-1-3-9(4-2-8)12(14)15/h1-7,14-15H. The molecule has 4 nitrogen and oxygen atoms in total. The molecule has 0 saturated carbocycles. The lowest BCUT2D eigenvalue weighted by Crippen LogP contribution is -2.29. The van der Waals surface area contributed by atoms with Gasteiger partial charge in [-0.3, -0.25) is 4.79 Å². The topological polar surface area (TPSA) is 70.7 Å². The molecular formula is C11H9BO4. The lowest BCUT2D eigenvalue weighted by molar-refractivity contribution is 0.110. The van der Waals surface area contributed by atoms with Gasteiger partial charge in [0.25, 0.3) is 0 Å². The van der Waals surface area contributed by atoms with Gasteiger partial charge in [-0.2, -0.15) is 0 Å². The van der Waals surface area contributed by atoms with E-state index in [9.17, 15) is 4.79 Å². The van der Waals surface area contributed by atoms with Gasteiger partial charge in [-0.25, -0.2) is 0 Å². The molecule has 0 bridgehead atoms. The quantitative estimate of drug-likeness (QED) is 0.576. The normalized spacial score (nSPS) is 10.1. The Balaban J connectivity index is 2.30. The largest absolute Gasteiger partial charge is 0.488 e. The second-order valence-corrected chi connectivity index (χ2v) is 3.32. The number of rotatable bonds is 3. The first-order chi connectivity index (χ1) is 7.70. The van der Waals surface area contributed by atoms with E-state index in [4.69, 9.17) is 14.5 Å². The Morgan fingerprint density at radius 1 is 1.06 bits per heavy atom. The Morgan fingerprint density at radius 3 is 2.25 bits per heavy atom. The zero-order valence-electron chi connectivity index (χ0n) is 8.33. The molecule has 5 heteroatoms. The van der Waals surface area contributed by atoms with Gasteiger partial charge in [0.15, 0.2) is 12.0 Å². The van der Waals surface area contributed by atoms with Crippen LogP contribution in [-0.4, -0.2) is 23.5 Å². The Labute approximate surface area is 92.3 Å². The van der Waals surface area contributed by atoms with Crippen molar-refractivity contribution in [2.45, 2.75) is 0 Å². The highest BCUT2D eigenvalue weighted by atomic mass is 16.4. The van der Waals surface area contributed by atoms with Crippen molar-refractivity contribution >= 4 is 18.9 Å². The first-order valence-corrected chi connectivity index (χ1v) is 4.72. The van der Waals surface area contributed by atoms with Crippen LogP contribution in [0.2, 0.25) is 0 Å². The molecule has 2 rings (SSSR count). The van der Waals surface area contributed by atoms with Crippen molar-refractivity contribution in [1.82, 2.24) is 0 Å². The SMILES string of the molecule is O=Cc1ccc(-c2ccc(B(O)O)cc2)o1. The van der Waals surface area contributed by atoms with Crippen molar-refractivity contribution < 1.29 is 19.3 Å². The monoisotopic (exact) mass is 216 g/mol. The third-order valence-corrected chi connectivity index (χ3v) is 2.24. The predicted octanol–water partition coefficient (Wildman–Crippen LogP) is 0.439. The third-order valence-electron chi connectivity index (χ3n) is 2.24. The van der Waals surface area contributed by atoms with Crippen molar-refractivity contribution in [1.29, 1.82) is 0 Å². The van der Waals surface area contributed by atoms with Crippen LogP contribution in [0.15, 0.2) is 40.8 Å². The maximum atomic E-state index is 10.4. The fourth-order valence-corrected chi connectivity index (χ4v) is 1.39. The number of carbonyl (C=O) groups is 1. The second kappa shape index (κ2) is 4.34. The molecule has 2 aromatic rings. The Hall–Kier alpha value is -1.85. The zero-order valence-corrected chi connectivity index (χ0v) is 8.33. The second-order valence-electron chi connectivity index (χ2n) is 3.32. The molecule has 80 valence electrons. The lowest BCUT2D eigenvalue weighted by atomic mass is 9.80. The molecule has 16 heavy (non-hydrogen) atoms. The molecule has 2 N–H and O–H groups in total. The van der Waals surface area contributed by atoms with E-state index in [-0.39, 0.29) is 5.76 Å². The fraction of sp³-hybridized carbons (Fsp3) is 0. The van der Waals surface area contributed by atoms with Gasteiger partial charge in [0.1, 0.15) is 5.76 Å². The molecule has 0 radical (unpaired) electrons. The van der Waals surface area contributed by atoms with Crippen LogP contribution >= 0.6 is 0 Å². The van der Waals surface area contributed by atoms with Gasteiger partial charge in [-0.05, 0) is 17.6 Å². The van der Waals surface area contributed by atoms with Crippen molar-refractivity contribution in [2.24, 2.45) is 0 Å². The summed E-state index contributed by atoms with van der Waals surface area (Å²) in [5, 5.41) is 17.8. The highest BCUT2D eigenvalue weighted by Gasteiger charge is 2.11. The first kappa shape index (κ1) is 10.7. The molecule has 0 amide bonds. The average Bonchev–Trinajstić information content (AvgIpc) is 2.77. The van der Waals surface area contributed by atoms with Crippen molar-refractivity contribution in [3.63, 3.8) is 0 Å². The van der Waals surface area contributed by atoms with Gasteiger partial charge in [-0.1, -0.05) is 24.3 Å². The molecule has 0 aliphatic carbocycles. The minimum absolute atomic E-state index is 0.265. The van der Waals surface area contributed by atoms with Gasteiger partial charge < -0.3 is 14.5 Å². The summed E-state index contributed by atoms with van der Waals surface area (Å²) in [6.45, 7) is 0. The number of furan rings is 1. The number of hydrogen-bond acceptors (Lipinski definition) is 4. The van der Waals surface area contributed by atoms with E-state index in [1.54, 1.807) is 36.4 Å². The smallest absolute Gasteiger partial charge is 0.453 e. The van der Waals surface area contributed by atoms with Crippen molar-refractivity contribution in [3.8, 4) is 11.3 Å². The maximum Gasteiger partial charge on any atom is 0.488 e. The molecule has 0 spiro atoms. The van der Waals surface area contributed by atoms with E-state index in [0.717, 1.165) is 5.56 Å². The van der Waals surface area contributed by atoms with E-state index in [0.29, 0.717) is 17.5 Å². The summed E-state index contributed by atoms with van der Waals surface area (Å²) >= 11 is 0. The van der Waals surface area contributed by atoms with Crippen molar-refractivity contribution in [3.05, 3.63) is 42.2 Å². The molecule has 0 unspecified atom stereocenters. The molecule has 0 aliphatic heterocycles. The number of benzene rings is 1. The molecule has 1 aromatic heterocycles. The van der Waals surface area contributed by atoms with Crippen LogP contribution in [0.4, 0.5) is 0 Å². The first-order valence-electron chi connectivity index (χ1n) is 4.72. The summed E-state index contributed by atoms with van der Waals surface area (Å²) in [6, 6.07) is 9.84. The number of hydrogen-bond donors (Lipinski definition) is 2. The van der Waals surface area contributed by atoms with Gasteiger partial charge in [0.05, 0.1) is 0 Å². The summed E-state index contributed by atoms with van der Waals surface area (Å²) in [5.74, 6) is 0.836. The molecular weight excluding hydrogens is 207 g/mol. The number of aldehydes is 1. The van der Waals surface area contributed by atoms with Crippen LogP contribution < -0.4 is 5.46 Å². The Morgan fingerprint density at radius 2 is 1.75 bits per heavy atom. The average molecular weight is 216 g/mol. The highest BCUT2D eigenvalue weighted by Crippen LogP contribution is 2.20. The highest BCUT2D eigenvalue weighted by molar-refractivity contribution is 6.58. The molecule has 0 atom stereocenters. The van der Waals surface area contributed by atoms with Crippen LogP contribution in [0.5, 0.6) is 0 Å². The number of carbonyl (C=O) groups excluding carboxylic acids is 1. The molecule has 1 heterocycles. The Kier molecular flexibility index (Phi) is 2.89. The van der Waals surface area contributed by atoms with Crippen LogP contribution in [0.25, 0.3) is 11.3 Å². The minimum Gasteiger partial charge on any atom is -0.453 e. The molecule has 0 saturated heterocycles. The van der Waals surface area contributed by atoms with Gasteiger partial charge >= 0.3 is 7.12 Å². The van der Waals surface area contributed by atoms with Crippen LogP contribution in [0, 0.1) is 0 Å². The summed E-state index contributed by atoms with van der Waals surface area (Å²) in [7, 11) is -1.48. The van der Waals surface area contributed by atoms with Gasteiger partial charge in [-0.15, -0.1) is 0 Å². The molecule has 0 fully saturated rings. The third kappa shape index (κ3) is 2.05.